The van der Waals surface area contributed by atoms with Crippen LogP contribution in [0.15, 0.2) is 85.1 Å². The Morgan fingerprint density at radius 3 is 2.48 bits per heavy atom. The lowest BCUT2D eigenvalue weighted by Gasteiger charge is -2.31. The molecule has 3 heterocycles. The van der Waals surface area contributed by atoms with Crippen molar-refractivity contribution in [3.63, 3.8) is 0 Å². The summed E-state index contributed by atoms with van der Waals surface area (Å²) in [5.74, 6) is 0.559. The van der Waals surface area contributed by atoms with Gasteiger partial charge < -0.3 is 15.2 Å². The third-order valence-electron chi connectivity index (χ3n) is 7.89. The molecule has 1 atom stereocenters. The zero-order valence-electron chi connectivity index (χ0n) is 25.5. The van der Waals surface area contributed by atoms with Gasteiger partial charge in [0.2, 0.25) is 0 Å². The van der Waals surface area contributed by atoms with Gasteiger partial charge in [-0.1, -0.05) is 75.4 Å². The maximum Gasteiger partial charge on any atom is 0.324 e. The van der Waals surface area contributed by atoms with Gasteiger partial charge in [-0.15, -0.1) is 0 Å². The van der Waals surface area contributed by atoms with Crippen LogP contribution in [0.1, 0.15) is 37.7 Å². The van der Waals surface area contributed by atoms with E-state index in [0.29, 0.717) is 37.8 Å². The molecule has 5 aromatic rings. The quantitative estimate of drug-likeness (QED) is 0.209. The van der Waals surface area contributed by atoms with E-state index in [4.69, 9.17) is 9.84 Å². The Balaban J connectivity index is 1.24. The predicted octanol–water partition coefficient (Wildman–Crippen LogP) is 6.49. The number of rotatable bonds is 6. The number of aliphatic hydroxyl groups is 1. The summed E-state index contributed by atoms with van der Waals surface area (Å²) in [6.07, 6.45) is 1.17. The summed E-state index contributed by atoms with van der Waals surface area (Å²) in [4.78, 5) is 19.8. The van der Waals surface area contributed by atoms with Crippen LogP contribution in [0.25, 0.3) is 27.6 Å². The fourth-order valence-corrected chi connectivity index (χ4v) is 5.38. The second-order valence-electron chi connectivity index (χ2n) is 12.2. The number of ether oxygens (including phenoxy) is 1. The third kappa shape index (κ3) is 6.35. The molecular weight excluding hydrogens is 552 g/mol. The van der Waals surface area contributed by atoms with Gasteiger partial charge >= 0.3 is 6.03 Å². The zero-order valence-corrected chi connectivity index (χ0v) is 25.5. The molecule has 3 N–H and O–H groups in total. The number of nitrogens with zero attached hydrogens (tertiary/aromatic N) is 4. The van der Waals surface area contributed by atoms with Crippen molar-refractivity contribution in [2.24, 2.45) is 0 Å². The number of carbonyl (C=O) groups is 1. The molecule has 226 valence electrons. The van der Waals surface area contributed by atoms with Gasteiger partial charge in [-0.05, 0) is 47.2 Å². The predicted molar refractivity (Wildman–Crippen MR) is 174 cm³/mol. The second-order valence-corrected chi connectivity index (χ2v) is 12.2. The maximum atomic E-state index is 13.4. The van der Waals surface area contributed by atoms with Gasteiger partial charge in [0.15, 0.2) is 0 Å². The monoisotopic (exact) mass is 590 g/mol. The highest BCUT2D eigenvalue weighted by Crippen LogP contribution is 2.34. The summed E-state index contributed by atoms with van der Waals surface area (Å²) in [5, 5.41) is 23.1. The van der Waals surface area contributed by atoms with Gasteiger partial charge in [0.1, 0.15) is 12.0 Å². The van der Waals surface area contributed by atoms with E-state index in [2.05, 4.69) is 66.7 Å². The lowest BCUT2D eigenvalue weighted by molar-refractivity contribution is -0.109. The lowest BCUT2D eigenvalue weighted by atomic mass is 9.92. The number of fused-ring (bicyclic) bond motifs is 1. The number of carbonyl (C=O) groups excluding carboxylic acids is 1. The van der Waals surface area contributed by atoms with Crippen molar-refractivity contribution >= 4 is 28.3 Å². The van der Waals surface area contributed by atoms with E-state index in [0.717, 1.165) is 44.5 Å². The number of aryl methyl sites for hydroxylation is 1. The zero-order chi connectivity index (χ0) is 30.8. The molecule has 2 amide bonds. The van der Waals surface area contributed by atoms with Crippen LogP contribution in [-0.4, -0.2) is 56.8 Å². The molecule has 44 heavy (non-hydrogen) atoms. The van der Waals surface area contributed by atoms with E-state index in [1.807, 2.05) is 60.4 Å². The van der Waals surface area contributed by atoms with Crippen LogP contribution in [0.3, 0.4) is 0 Å². The molecule has 1 fully saturated rings. The Kier molecular flexibility index (Phi) is 8.18. The first kappa shape index (κ1) is 29.5. The number of aliphatic hydroxyl groups excluding tert-OH is 1. The molecule has 0 spiro atoms. The number of morpholine rings is 1. The van der Waals surface area contributed by atoms with Crippen molar-refractivity contribution < 1.29 is 14.6 Å². The number of urea groups is 1. The van der Waals surface area contributed by atoms with Crippen LogP contribution < -0.4 is 10.6 Å². The fourth-order valence-electron chi connectivity index (χ4n) is 5.38. The normalized spacial score (nSPS) is 15.8. The van der Waals surface area contributed by atoms with Crippen LogP contribution in [-0.2, 0) is 16.7 Å². The smallest absolute Gasteiger partial charge is 0.324 e. The summed E-state index contributed by atoms with van der Waals surface area (Å²) >= 11 is 0. The SMILES string of the molecule is Cc1ccc(-n2nc(C(C)(C)C)cc2NC(=O)Nc2ccc(-c3ccc(CN4CCOCC4O)cc3)c3ccccc23)cn1. The van der Waals surface area contributed by atoms with Crippen LogP contribution >= 0.6 is 0 Å². The van der Waals surface area contributed by atoms with Gasteiger partial charge in [0, 0.05) is 35.7 Å². The topological polar surface area (TPSA) is 105 Å². The Labute approximate surface area is 257 Å². The van der Waals surface area contributed by atoms with Crippen molar-refractivity contribution in [2.75, 3.05) is 30.4 Å². The molecule has 1 saturated heterocycles. The molecule has 1 unspecified atom stereocenters. The first-order valence-corrected chi connectivity index (χ1v) is 14.9. The number of hydrogen-bond donors (Lipinski definition) is 3. The molecule has 6 rings (SSSR count). The molecule has 0 radical (unpaired) electrons. The summed E-state index contributed by atoms with van der Waals surface area (Å²) in [6.45, 7) is 10.5. The Bertz CT molecular complexity index is 1770. The van der Waals surface area contributed by atoms with Crippen molar-refractivity contribution in [3.8, 4) is 16.8 Å². The van der Waals surface area contributed by atoms with E-state index in [1.54, 1.807) is 10.9 Å². The van der Waals surface area contributed by atoms with E-state index >= 15 is 0 Å². The Morgan fingerprint density at radius 2 is 1.77 bits per heavy atom. The van der Waals surface area contributed by atoms with Gasteiger partial charge in [0.05, 0.1) is 36.5 Å². The number of hydrogen-bond acceptors (Lipinski definition) is 6. The summed E-state index contributed by atoms with van der Waals surface area (Å²) < 4.78 is 7.06. The minimum atomic E-state index is -0.578. The minimum absolute atomic E-state index is 0.204. The number of nitrogens with one attached hydrogen (secondary N) is 2. The van der Waals surface area contributed by atoms with Crippen molar-refractivity contribution in [3.05, 3.63) is 102 Å². The molecule has 2 aromatic heterocycles. The average Bonchev–Trinajstić information content (AvgIpc) is 3.44. The molecule has 1 aliphatic rings. The van der Waals surface area contributed by atoms with E-state index in [9.17, 15) is 9.90 Å². The van der Waals surface area contributed by atoms with E-state index < -0.39 is 6.23 Å². The summed E-state index contributed by atoms with van der Waals surface area (Å²) in [7, 11) is 0. The van der Waals surface area contributed by atoms with Gasteiger partial charge in [-0.2, -0.15) is 5.10 Å². The number of anilines is 2. The maximum absolute atomic E-state index is 13.4. The van der Waals surface area contributed by atoms with Crippen LogP contribution in [0.2, 0.25) is 0 Å². The Morgan fingerprint density at radius 1 is 1.00 bits per heavy atom. The van der Waals surface area contributed by atoms with E-state index in [-0.39, 0.29) is 11.4 Å². The van der Waals surface area contributed by atoms with Crippen molar-refractivity contribution in [1.29, 1.82) is 0 Å². The molecule has 9 heteroatoms. The summed E-state index contributed by atoms with van der Waals surface area (Å²) in [5.41, 5.74) is 6.31. The minimum Gasteiger partial charge on any atom is -0.376 e. The molecule has 0 aliphatic carbocycles. The number of aromatic nitrogens is 3. The highest BCUT2D eigenvalue weighted by atomic mass is 16.5. The standard InChI is InChI=1S/C35H38N6O3/c1-23-9-14-26(20-36-23)41-32(19-31(39-41)35(2,3)4)38-34(43)37-30-16-15-27(28-7-5-6-8-29(28)30)25-12-10-24(11-13-25)21-40-17-18-44-22-33(40)42/h5-16,19-20,33,42H,17-18,21-22H2,1-4H3,(H2,37,38,43). The number of amides is 2. The molecule has 9 nitrogen and oxygen atoms in total. The average molecular weight is 591 g/mol. The summed E-state index contributed by atoms with van der Waals surface area (Å²) in [6, 6.07) is 25.9. The van der Waals surface area contributed by atoms with Gasteiger partial charge in [0.25, 0.3) is 0 Å². The molecular formula is C35H38N6O3. The fraction of sp³-hybridized carbons (Fsp3) is 0.286. The lowest BCUT2D eigenvalue weighted by Crippen LogP contribution is -2.44. The molecule has 1 aliphatic heterocycles. The van der Waals surface area contributed by atoms with Crippen LogP contribution in [0.5, 0.6) is 0 Å². The van der Waals surface area contributed by atoms with E-state index in [1.165, 1.54) is 0 Å². The van der Waals surface area contributed by atoms with Crippen molar-refractivity contribution in [2.45, 2.75) is 45.9 Å². The first-order valence-electron chi connectivity index (χ1n) is 14.9. The number of pyridine rings is 1. The van der Waals surface area contributed by atoms with Gasteiger partial charge in [-0.3, -0.25) is 15.2 Å². The van der Waals surface area contributed by atoms with Crippen LogP contribution in [0.4, 0.5) is 16.3 Å². The van der Waals surface area contributed by atoms with Gasteiger partial charge in [-0.25, -0.2) is 9.48 Å². The Hall–Kier alpha value is -4.57. The third-order valence-corrected chi connectivity index (χ3v) is 7.89. The van der Waals surface area contributed by atoms with Crippen molar-refractivity contribution in [1.82, 2.24) is 19.7 Å². The number of benzene rings is 3. The van der Waals surface area contributed by atoms with Crippen LogP contribution in [0, 0.1) is 6.92 Å². The second kappa shape index (κ2) is 12.2. The highest BCUT2D eigenvalue weighted by molar-refractivity contribution is 6.09. The highest BCUT2D eigenvalue weighted by Gasteiger charge is 2.23. The molecule has 3 aromatic carbocycles. The molecule has 0 saturated carbocycles. The molecule has 0 bridgehead atoms. The largest absolute Gasteiger partial charge is 0.376 e. The first-order chi connectivity index (χ1) is 21.2.